The Labute approximate surface area is 761 Å². The summed E-state index contributed by atoms with van der Waals surface area (Å²) in [6.45, 7) is 23.2. The minimum atomic E-state index is -2.66. The molecule has 0 saturated heterocycles. The molecule has 31 heteroatoms. The number of ether oxygens (including phenoxy) is 3. The number of hydrogen-bond acceptors (Lipinski definition) is 29. The second kappa shape index (κ2) is 37.0. The SMILES string of the molecule is CN(C)[C@@H]1c2onc(OCc3ccccc3)c2C(=O)[C@@]2(O)C(=O)C=CC[C@@H]12.CN(C)[C@@H]1c2onc(OCc3ccccc3)c2C(=O)[C@@]2(O[Si](C)(C)C(C)(C)C)C(=O)C(Sc3ccccc3)=CC[C@@H]12.CN(C)[C@@H]1c2onc(OCc3ccccc3)c2C(=O)[C@@]2(O[Si](C)(C)C(C)(C)C)C(=O)C=CC[C@@H]12.Cc1noc2c1C(=O)[C@@]1(O)C(=O)C(Sc3ccccc3)=CC[C@H]1[C@@H]2N(C)C. The molecule has 0 radical (unpaired) electrons. The summed E-state index contributed by atoms with van der Waals surface area (Å²) in [5, 5.41) is 38.3. The van der Waals surface area contributed by atoms with E-state index in [2.05, 4.69) is 88.4 Å². The molecule has 678 valence electrons. The minimum Gasteiger partial charge on any atom is -0.470 e. The van der Waals surface area contributed by atoms with Crippen LogP contribution in [0.4, 0.5) is 0 Å². The number of Topliss-reactive ketones (excluding diaryl/α,β-unsaturated/α-hetero) is 6. The third kappa shape index (κ3) is 17.3. The van der Waals surface area contributed by atoms with Crippen LogP contribution >= 0.6 is 23.5 Å². The number of fused-ring (bicyclic) bond motifs is 8. The Hall–Kier alpha value is -10.5. The molecule has 0 spiro atoms. The molecule has 4 heterocycles. The lowest BCUT2D eigenvalue weighted by molar-refractivity contribution is -0.138. The molecule has 0 unspecified atom stereocenters. The van der Waals surface area contributed by atoms with Gasteiger partial charge in [-0.1, -0.05) is 222 Å². The molecule has 17 rings (SSSR count). The van der Waals surface area contributed by atoms with Gasteiger partial charge in [0, 0.05) is 33.5 Å². The lowest BCUT2D eigenvalue weighted by atomic mass is 9.65. The van der Waals surface area contributed by atoms with Crippen LogP contribution in [0.1, 0.15) is 178 Å². The predicted molar refractivity (Wildman–Crippen MR) is 490 cm³/mol. The zero-order valence-electron chi connectivity index (χ0n) is 76.2. The van der Waals surface area contributed by atoms with Crippen LogP contribution in [0.3, 0.4) is 0 Å². The van der Waals surface area contributed by atoms with Gasteiger partial charge in [-0.25, -0.2) is 0 Å². The fourth-order valence-corrected chi connectivity index (χ4v) is 22.8. The first-order valence-electron chi connectivity index (χ1n) is 43.1. The Morgan fingerprint density at radius 2 is 0.698 bits per heavy atom. The smallest absolute Gasteiger partial charge is 0.265 e. The number of benzene rings is 5. The lowest BCUT2D eigenvalue weighted by Crippen LogP contribution is -2.66. The number of ketones is 8. The molecule has 0 aliphatic heterocycles. The van der Waals surface area contributed by atoms with Crippen LogP contribution in [0.25, 0.3) is 0 Å². The maximum absolute atomic E-state index is 14.9. The predicted octanol–water partition coefficient (Wildman–Crippen LogP) is 16.7. The molecule has 0 saturated carbocycles. The van der Waals surface area contributed by atoms with Gasteiger partial charge in [-0.05, 0) is 194 Å². The van der Waals surface area contributed by atoms with Gasteiger partial charge in [0.2, 0.25) is 34.7 Å². The van der Waals surface area contributed by atoms with Gasteiger partial charge in [-0.3, -0.25) is 58.0 Å². The van der Waals surface area contributed by atoms with Crippen LogP contribution in [-0.2, 0) is 47.9 Å². The Morgan fingerprint density at radius 1 is 0.388 bits per heavy atom. The van der Waals surface area contributed by atoms with Crippen LogP contribution in [0.5, 0.6) is 17.6 Å². The average molecular weight is 1830 g/mol. The van der Waals surface area contributed by atoms with Gasteiger partial charge in [-0.15, -0.1) is 0 Å². The fraction of sp³-hybridized carbons (Fsp3) is 0.408. The van der Waals surface area contributed by atoms with E-state index in [1.807, 2.05) is 232 Å². The summed E-state index contributed by atoms with van der Waals surface area (Å²) in [5.41, 5.74) is -3.74. The van der Waals surface area contributed by atoms with Crippen molar-refractivity contribution in [2.45, 2.75) is 187 Å². The molecule has 27 nitrogen and oxygen atoms in total. The average Bonchev–Trinajstić information content (AvgIpc) is 1.66. The zero-order chi connectivity index (χ0) is 93.0. The number of thioether (sulfide) groups is 2. The molecular formula is C98H112N8O19S2Si2. The molecule has 4 aromatic heterocycles. The minimum absolute atomic E-state index is 0.0000638. The summed E-state index contributed by atoms with van der Waals surface area (Å²) in [5.74, 6) is -4.29. The third-order valence-electron chi connectivity index (χ3n) is 26.5. The number of carbonyl (C=O) groups is 8. The lowest BCUT2D eigenvalue weighted by Gasteiger charge is -2.52. The monoisotopic (exact) mass is 1820 g/mol. The summed E-state index contributed by atoms with van der Waals surface area (Å²) in [7, 11) is 9.78. The third-order valence-corrected chi connectivity index (χ3v) is 37.6. The second-order valence-corrected chi connectivity index (χ2v) is 49.4. The van der Waals surface area contributed by atoms with Crippen molar-refractivity contribution in [3.05, 3.63) is 266 Å². The molecule has 0 amide bonds. The van der Waals surface area contributed by atoms with E-state index in [-0.39, 0.29) is 87.4 Å². The highest BCUT2D eigenvalue weighted by atomic mass is 32.2. The summed E-state index contributed by atoms with van der Waals surface area (Å²) in [6, 6.07) is 46.3. The van der Waals surface area contributed by atoms with Gasteiger partial charge in [0.25, 0.3) is 17.6 Å². The Kier molecular flexibility index (Phi) is 27.1. The van der Waals surface area contributed by atoms with Crippen LogP contribution in [0, 0.1) is 30.6 Å². The van der Waals surface area contributed by atoms with Crippen LogP contribution in [0.2, 0.25) is 36.3 Å². The Balaban J connectivity index is 0.000000141. The number of allylic oxidation sites excluding steroid dienone is 4. The second-order valence-electron chi connectivity index (χ2n) is 37.7. The molecule has 129 heavy (non-hydrogen) atoms. The topological polar surface area (TPSA) is 340 Å². The number of nitrogens with zero attached hydrogens (tertiary/aromatic N) is 8. The van der Waals surface area contributed by atoms with E-state index < -0.39 is 116 Å². The molecule has 5 aromatic carbocycles. The molecule has 8 aliphatic rings. The van der Waals surface area contributed by atoms with Gasteiger partial charge in [0.1, 0.15) is 36.5 Å². The Morgan fingerprint density at radius 3 is 1.10 bits per heavy atom. The number of rotatable bonds is 21. The number of hydrogen-bond donors (Lipinski definition) is 2. The van der Waals surface area contributed by atoms with E-state index >= 15 is 0 Å². The first-order chi connectivity index (χ1) is 61.1. The van der Waals surface area contributed by atoms with Crippen molar-refractivity contribution < 1.29 is 89.7 Å². The number of aryl methyl sites for hydroxylation is 1. The first kappa shape index (κ1) is 94.6. The van der Waals surface area contributed by atoms with E-state index in [1.165, 1.54) is 35.7 Å². The van der Waals surface area contributed by atoms with E-state index in [1.54, 1.807) is 27.1 Å². The normalized spacial score (nSPS) is 25.1. The van der Waals surface area contributed by atoms with Gasteiger partial charge in [-0.2, -0.15) is 0 Å². The van der Waals surface area contributed by atoms with Gasteiger partial charge in [0.15, 0.2) is 73.6 Å². The van der Waals surface area contributed by atoms with E-state index in [0.29, 0.717) is 64.2 Å². The summed E-state index contributed by atoms with van der Waals surface area (Å²) in [6.07, 6.45) is 11.8. The largest absolute Gasteiger partial charge is 0.470 e. The molecule has 2 N–H and O–H groups in total. The molecule has 12 atom stereocenters. The first-order valence-corrected chi connectivity index (χ1v) is 50.5. The van der Waals surface area contributed by atoms with Crippen molar-refractivity contribution in [1.82, 2.24) is 40.2 Å². The van der Waals surface area contributed by atoms with Crippen molar-refractivity contribution >= 4 is 86.4 Å². The summed E-state index contributed by atoms with van der Waals surface area (Å²) < 4.78 is 54.1. The van der Waals surface area contributed by atoms with Crippen molar-refractivity contribution in [3.63, 3.8) is 0 Å². The van der Waals surface area contributed by atoms with Crippen molar-refractivity contribution in [2.75, 3.05) is 56.4 Å². The molecule has 9 aromatic rings. The molecule has 0 fully saturated rings. The Bertz CT molecular complexity index is 5850. The highest BCUT2D eigenvalue weighted by molar-refractivity contribution is 8.04. The highest BCUT2D eigenvalue weighted by Gasteiger charge is 2.69. The van der Waals surface area contributed by atoms with Crippen LogP contribution < -0.4 is 14.2 Å². The highest BCUT2D eigenvalue weighted by Crippen LogP contribution is 2.59. The van der Waals surface area contributed by atoms with Crippen molar-refractivity contribution in [3.8, 4) is 17.6 Å². The summed E-state index contributed by atoms with van der Waals surface area (Å²) in [4.78, 5) is 120. The van der Waals surface area contributed by atoms with E-state index in [0.717, 1.165) is 26.5 Å². The fourth-order valence-electron chi connectivity index (χ4n) is 18.0. The molecule has 0 bridgehead atoms. The van der Waals surface area contributed by atoms with Gasteiger partial charge in [0.05, 0.1) is 45.2 Å². The molecule has 8 aliphatic carbocycles. The van der Waals surface area contributed by atoms with E-state index in [9.17, 15) is 48.6 Å². The summed E-state index contributed by atoms with van der Waals surface area (Å²) >= 11 is 2.65. The number of aliphatic hydroxyl groups is 2. The quantitative estimate of drug-likeness (QED) is 0.0498. The standard InChI is InChI=1S/C32H38N2O5SSi.C26H34N2O5Si.C20H20N2O5.C20H20N2O4S/c1-31(2,3)41(6,7)39-32-23(18-19-24(28(32)35)40-22-16-12-9-13-17-22)26(34(4)5)27-25(29(32)36)30(33-38-27)37-20-21-14-10-8-11-15-21;1-25(2,3)34(6,7)33-26-18(14-11-15-19(26)29)21(28(4)5)22-20(23(26)30)24(27-32-22)31-16-17-12-9-8-10-13-17;1-22(2)16-13-9-6-10-14(23)20(13,25)18(24)15-17(16)27-21-19(15)26-11-12-7-4-3-5-8-12;1-11-15-17(26-21-11)16(22(2)3)13-9-10-14(18(23)20(13,25)19(15)24)27-12-7-5-4-6-8-12/h8-17,19,23,26H,18,20H2,1-7H3;8-13,15,18,21H,14,16H2,1-7H3;3-8,10,13,16,25H,9,11H2,1-2H3;4-8,10,13,16,25H,9H2,1-3H3/t23-,26-,32-;18-,21-,26-;2*13-,16-,20-/m0000/s1. The maximum atomic E-state index is 14.9. The zero-order valence-corrected chi connectivity index (χ0v) is 79.8. The molecular weight excluding hydrogens is 1710 g/mol. The number of carbonyl (C=O) groups excluding carboxylic acids is 8. The number of aromatic nitrogens is 4. The van der Waals surface area contributed by atoms with Gasteiger partial charge >= 0.3 is 0 Å². The van der Waals surface area contributed by atoms with Crippen molar-refractivity contribution in [2.24, 2.45) is 23.7 Å². The van der Waals surface area contributed by atoms with E-state index in [4.69, 9.17) is 41.2 Å². The van der Waals surface area contributed by atoms with Crippen LogP contribution in [-0.4, -0.2) is 192 Å². The van der Waals surface area contributed by atoms with Crippen LogP contribution in [0.15, 0.2) is 226 Å². The van der Waals surface area contributed by atoms with Crippen molar-refractivity contribution in [1.29, 1.82) is 0 Å². The maximum Gasteiger partial charge on any atom is 0.265 e. The van der Waals surface area contributed by atoms with Gasteiger partial charge < -0.3 is 51.4 Å².